The van der Waals surface area contributed by atoms with Crippen molar-refractivity contribution in [1.82, 2.24) is 14.9 Å². The van der Waals surface area contributed by atoms with Gasteiger partial charge in [-0.3, -0.25) is 9.62 Å². The van der Waals surface area contributed by atoms with E-state index in [1.807, 2.05) is 4.90 Å². The lowest BCUT2D eigenvalue weighted by atomic mass is 10.0. The number of halogens is 3. The van der Waals surface area contributed by atoms with Gasteiger partial charge in [0.1, 0.15) is 11.6 Å². The molecule has 1 atom stereocenters. The molecule has 0 unspecified atom stereocenters. The van der Waals surface area contributed by atoms with E-state index in [-0.39, 0.29) is 33.7 Å². The predicted molar refractivity (Wildman–Crippen MR) is 143 cm³/mol. The lowest BCUT2D eigenvalue weighted by Gasteiger charge is -2.47. The van der Waals surface area contributed by atoms with Crippen LogP contribution in [0.25, 0.3) is 11.3 Å². The minimum atomic E-state index is -4.66. The van der Waals surface area contributed by atoms with E-state index in [4.69, 9.17) is 0 Å². The molecule has 1 N–H and O–H groups in total. The number of aromatic nitrogens is 2. The molecule has 2 aromatic heterocycles. The first kappa shape index (κ1) is 27.8. The molecule has 4 rings (SSSR count). The Hall–Kier alpha value is -3.18. The Bertz CT molecular complexity index is 1420. The number of pyridine rings is 2. The van der Waals surface area contributed by atoms with Crippen molar-refractivity contribution in [2.45, 2.75) is 57.4 Å². The van der Waals surface area contributed by atoms with Crippen LogP contribution < -0.4 is 9.62 Å². The fraction of sp³-hybridized carbons (Fsp3) is 0.407. The largest absolute Gasteiger partial charge is 0.418 e. The number of benzene rings is 1. The highest BCUT2D eigenvalue weighted by Gasteiger charge is 2.36. The summed E-state index contributed by atoms with van der Waals surface area (Å²) in [7, 11) is -4.22. The van der Waals surface area contributed by atoms with E-state index in [0.717, 1.165) is 18.7 Å². The Morgan fingerprint density at radius 1 is 0.947 bits per heavy atom. The molecule has 0 amide bonds. The lowest BCUT2D eigenvalue weighted by Crippen LogP contribution is -2.58. The fourth-order valence-corrected chi connectivity index (χ4v) is 5.84. The smallest absolute Gasteiger partial charge is 0.354 e. The molecule has 204 valence electrons. The molecule has 1 saturated heterocycles. The summed E-state index contributed by atoms with van der Waals surface area (Å²) in [6.07, 6.45) is -4.66. The molecular weight excluding hydrogens is 515 g/mol. The van der Waals surface area contributed by atoms with Crippen LogP contribution in [-0.2, 0) is 16.2 Å². The number of nitrogens with one attached hydrogen (secondary N) is 1. The van der Waals surface area contributed by atoms with Gasteiger partial charge in [-0.1, -0.05) is 30.3 Å². The topological polar surface area (TPSA) is 78.4 Å². The SMILES string of the molecule is Cc1ccccc1-c1nc(NS(=O)(=O)c2cccc(N3CCN(C(C)(C)C)[C@H](C)C3)n2)ccc1C(F)(F)F. The number of sulfonamides is 1. The molecule has 0 aliphatic carbocycles. The Morgan fingerprint density at radius 3 is 2.29 bits per heavy atom. The van der Waals surface area contributed by atoms with Crippen LogP contribution >= 0.6 is 0 Å². The number of alkyl halides is 3. The quantitative estimate of drug-likeness (QED) is 0.449. The maximum absolute atomic E-state index is 13.7. The summed E-state index contributed by atoms with van der Waals surface area (Å²) < 4.78 is 70.0. The fourth-order valence-electron chi connectivity index (χ4n) is 4.87. The summed E-state index contributed by atoms with van der Waals surface area (Å²) in [6, 6.07) is 13.3. The zero-order chi connectivity index (χ0) is 27.9. The minimum absolute atomic E-state index is 0.0137. The van der Waals surface area contributed by atoms with Gasteiger partial charge in [-0.05, 0) is 64.4 Å². The first-order chi connectivity index (χ1) is 17.7. The summed E-state index contributed by atoms with van der Waals surface area (Å²) in [6.45, 7) is 12.5. The van der Waals surface area contributed by atoms with Crippen LogP contribution in [0.3, 0.4) is 0 Å². The molecule has 1 aliphatic rings. The Balaban J connectivity index is 1.62. The maximum atomic E-state index is 13.7. The average molecular weight is 548 g/mol. The lowest BCUT2D eigenvalue weighted by molar-refractivity contribution is -0.137. The highest BCUT2D eigenvalue weighted by molar-refractivity contribution is 7.92. The van der Waals surface area contributed by atoms with Gasteiger partial charge in [-0.15, -0.1) is 0 Å². The molecule has 11 heteroatoms. The number of hydrogen-bond acceptors (Lipinski definition) is 6. The highest BCUT2D eigenvalue weighted by Crippen LogP contribution is 2.38. The molecule has 3 aromatic rings. The highest BCUT2D eigenvalue weighted by atomic mass is 32.2. The van der Waals surface area contributed by atoms with Gasteiger partial charge in [-0.25, -0.2) is 9.97 Å². The second-order valence-corrected chi connectivity index (χ2v) is 12.1. The van der Waals surface area contributed by atoms with E-state index in [9.17, 15) is 21.6 Å². The zero-order valence-electron chi connectivity index (χ0n) is 22.0. The number of nitrogens with zero attached hydrogens (tertiary/aromatic N) is 4. The molecule has 0 saturated carbocycles. The summed E-state index contributed by atoms with van der Waals surface area (Å²) in [5.74, 6) is 0.296. The van der Waals surface area contributed by atoms with E-state index in [1.165, 1.54) is 12.1 Å². The van der Waals surface area contributed by atoms with Gasteiger partial charge >= 0.3 is 6.18 Å². The van der Waals surface area contributed by atoms with Crippen molar-refractivity contribution in [2.75, 3.05) is 29.3 Å². The number of piperazine rings is 1. The second-order valence-electron chi connectivity index (χ2n) is 10.5. The molecular formula is C27H32F3N5O2S. The van der Waals surface area contributed by atoms with Crippen LogP contribution in [0, 0.1) is 6.92 Å². The van der Waals surface area contributed by atoms with Crippen LogP contribution in [0.15, 0.2) is 59.6 Å². The molecule has 1 aliphatic heterocycles. The molecule has 0 spiro atoms. The van der Waals surface area contributed by atoms with E-state index < -0.39 is 21.8 Å². The predicted octanol–water partition coefficient (Wildman–Crippen LogP) is 5.58. The number of anilines is 2. The van der Waals surface area contributed by atoms with Crippen molar-refractivity contribution in [3.8, 4) is 11.3 Å². The van der Waals surface area contributed by atoms with Gasteiger partial charge in [0.05, 0.1) is 11.3 Å². The molecule has 7 nitrogen and oxygen atoms in total. The summed E-state index contributed by atoms with van der Waals surface area (Å²) >= 11 is 0. The number of aryl methyl sites for hydroxylation is 1. The van der Waals surface area contributed by atoms with E-state index in [1.54, 1.807) is 37.3 Å². The molecule has 1 aromatic carbocycles. The van der Waals surface area contributed by atoms with E-state index in [2.05, 4.69) is 47.3 Å². The Labute approximate surface area is 221 Å². The average Bonchev–Trinajstić information content (AvgIpc) is 2.82. The van der Waals surface area contributed by atoms with Crippen LogP contribution in [0.4, 0.5) is 24.8 Å². The maximum Gasteiger partial charge on any atom is 0.418 e. The van der Waals surface area contributed by atoms with E-state index >= 15 is 0 Å². The summed E-state index contributed by atoms with van der Waals surface area (Å²) in [5.41, 5.74) is -0.424. The van der Waals surface area contributed by atoms with Crippen LogP contribution in [0.5, 0.6) is 0 Å². The monoisotopic (exact) mass is 547 g/mol. The first-order valence-corrected chi connectivity index (χ1v) is 13.8. The van der Waals surface area contributed by atoms with Gasteiger partial charge in [0, 0.05) is 36.8 Å². The van der Waals surface area contributed by atoms with Crippen molar-refractivity contribution < 1.29 is 21.6 Å². The van der Waals surface area contributed by atoms with Crippen molar-refractivity contribution in [3.63, 3.8) is 0 Å². The third kappa shape index (κ3) is 5.94. The van der Waals surface area contributed by atoms with Crippen LogP contribution in [0.2, 0.25) is 0 Å². The Morgan fingerprint density at radius 2 is 1.66 bits per heavy atom. The van der Waals surface area contributed by atoms with E-state index in [0.29, 0.717) is 24.5 Å². The number of rotatable bonds is 5. The normalized spacial score (nSPS) is 17.5. The van der Waals surface area contributed by atoms with Crippen molar-refractivity contribution in [1.29, 1.82) is 0 Å². The number of hydrogen-bond donors (Lipinski definition) is 1. The molecule has 38 heavy (non-hydrogen) atoms. The minimum Gasteiger partial charge on any atom is -0.354 e. The molecule has 1 fully saturated rings. The summed E-state index contributed by atoms with van der Waals surface area (Å²) in [5, 5.41) is -0.236. The van der Waals surface area contributed by atoms with Crippen molar-refractivity contribution in [2.24, 2.45) is 0 Å². The van der Waals surface area contributed by atoms with Crippen LogP contribution in [-0.4, -0.2) is 54.5 Å². The van der Waals surface area contributed by atoms with Gasteiger partial charge in [0.15, 0.2) is 5.03 Å². The van der Waals surface area contributed by atoms with Crippen LogP contribution in [0.1, 0.15) is 38.8 Å². The standard InChI is InChI=1S/C27H32F3N5O2S/c1-18-9-6-7-10-20(18)25-21(27(28,29)30)13-14-22(31-25)33-38(36,37)24-12-8-11-23(32-24)34-15-16-35(19(2)17-34)26(3,4)5/h6-14,19H,15-17H2,1-5H3,(H,31,33)/t19-/m1/s1. The molecule has 3 heterocycles. The van der Waals surface area contributed by atoms with Gasteiger partial charge in [0.25, 0.3) is 10.0 Å². The van der Waals surface area contributed by atoms with Gasteiger partial charge < -0.3 is 4.90 Å². The zero-order valence-corrected chi connectivity index (χ0v) is 22.9. The third-order valence-corrected chi connectivity index (χ3v) is 7.89. The van der Waals surface area contributed by atoms with Crippen molar-refractivity contribution in [3.05, 3.63) is 65.7 Å². The van der Waals surface area contributed by atoms with Gasteiger partial charge in [0.2, 0.25) is 0 Å². The summed E-state index contributed by atoms with van der Waals surface area (Å²) in [4.78, 5) is 12.9. The molecule has 0 bridgehead atoms. The van der Waals surface area contributed by atoms with Crippen molar-refractivity contribution >= 4 is 21.7 Å². The Kier molecular flexibility index (Phi) is 7.46. The molecule has 0 radical (unpaired) electrons. The van der Waals surface area contributed by atoms with Gasteiger partial charge in [-0.2, -0.15) is 21.6 Å². The first-order valence-electron chi connectivity index (χ1n) is 12.3. The second kappa shape index (κ2) is 10.2. The third-order valence-electron chi connectivity index (χ3n) is 6.64.